The molecule has 134 valence electrons. The molecule has 0 fully saturated rings. The molecule has 1 heterocycles. The fraction of sp³-hybridized carbons (Fsp3) is 0.312. The summed E-state index contributed by atoms with van der Waals surface area (Å²) in [5.41, 5.74) is 0.193. The Bertz CT molecular complexity index is 767. The maximum absolute atomic E-state index is 13.7. The average molecular weight is 369 g/mol. The van der Waals surface area contributed by atoms with E-state index in [0.29, 0.717) is 11.6 Å². The van der Waals surface area contributed by atoms with E-state index in [0.717, 1.165) is 23.9 Å². The number of carbonyl (C=O) groups excluding carboxylic acids is 2. The molecule has 0 unspecified atom stereocenters. The lowest BCUT2D eigenvalue weighted by Gasteiger charge is -2.15. The van der Waals surface area contributed by atoms with Crippen LogP contribution in [0.3, 0.4) is 0 Å². The zero-order chi connectivity index (χ0) is 18.4. The predicted octanol–water partition coefficient (Wildman–Crippen LogP) is 2.81. The molecule has 0 aliphatic rings. The van der Waals surface area contributed by atoms with Crippen LogP contribution in [-0.2, 0) is 9.59 Å². The zero-order valence-corrected chi connectivity index (χ0v) is 14.5. The molecule has 0 radical (unpaired) electrons. The molecule has 0 saturated carbocycles. The van der Waals surface area contributed by atoms with Crippen LogP contribution in [0.15, 0.2) is 28.8 Å². The minimum Gasteiger partial charge on any atom is -0.360 e. The molecule has 1 atom stereocenters. The van der Waals surface area contributed by atoms with Gasteiger partial charge in [-0.25, -0.2) is 8.78 Å². The molecule has 0 saturated heterocycles. The van der Waals surface area contributed by atoms with Crippen molar-refractivity contribution in [2.45, 2.75) is 19.9 Å². The second-order valence-corrected chi connectivity index (χ2v) is 6.30. The predicted molar refractivity (Wildman–Crippen MR) is 90.1 cm³/mol. The molecule has 0 aliphatic heterocycles. The zero-order valence-electron chi connectivity index (χ0n) is 13.6. The molecule has 6 nitrogen and oxygen atoms in total. The fourth-order valence-electron chi connectivity index (χ4n) is 2.05. The molecule has 2 amide bonds. The van der Waals surface area contributed by atoms with E-state index in [4.69, 9.17) is 4.52 Å². The van der Waals surface area contributed by atoms with Crippen LogP contribution in [-0.4, -0.2) is 28.5 Å². The summed E-state index contributed by atoms with van der Waals surface area (Å²) in [6.45, 7) is 3.30. The van der Waals surface area contributed by atoms with Crippen molar-refractivity contribution in [2.24, 2.45) is 0 Å². The van der Waals surface area contributed by atoms with E-state index in [2.05, 4.69) is 15.8 Å². The number of nitrogens with one attached hydrogen (secondary N) is 2. The minimum atomic E-state index is -0.720. The molecule has 2 aromatic rings. The standard InChI is InChI=1S/C16H17F2N3O3S/c1-9-5-14(21-24-9)20-16(23)8-25-7-15(22)19-10(2)12-4-3-11(17)6-13(12)18/h3-6,10H,7-8H2,1-2H3,(H,19,22)(H,20,21,23)/t10-/m0/s1. The van der Waals surface area contributed by atoms with Crippen molar-refractivity contribution in [1.29, 1.82) is 0 Å². The second kappa shape index (κ2) is 8.61. The average Bonchev–Trinajstić information content (AvgIpc) is 2.91. The molecule has 25 heavy (non-hydrogen) atoms. The number of aryl methyl sites for hydroxylation is 1. The van der Waals surface area contributed by atoms with E-state index >= 15 is 0 Å². The minimum absolute atomic E-state index is 0.0262. The number of amides is 2. The summed E-state index contributed by atoms with van der Waals surface area (Å²) in [7, 11) is 0. The van der Waals surface area contributed by atoms with Crippen LogP contribution in [0, 0.1) is 18.6 Å². The van der Waals surface area contributed by atoms with Crippen LogP contribution in [0.4, 0.5) is 14.6 Å². The van der Waals surface area contributed by atoms with Crippen molar-refractivity contribution >= 4 is 29.4 Å². The van der Waals surface area contributed by atoms with E-state index in [1.165, 1.54) is 6.07 Å². The van der Waals surface area contributed by atoms with Gasteiger partial charge in [-0.1, -0.05) is 11.2 Å². The first-order valence-corrected chi connectivity index (χ1v) is 8.56. The second-order valence-electron chi connectivity index (χ2n) is 5.32. The quantitative estimate of drug-likeness (QED) is 0.784. The molecule has 2 rings (SSSR count). The molecule has 0 bridgehead atoms. The third-order valence-electron chi connectivity index (χ3n) is 3.17. The number of aromatic nitrogens is 1. The Labute approximate surface area is 147 Å². The van der Waals surface area contributed by atoms with Crippen molar-refractivity contribution in [3.05, 3.63) is 47.2 Å². The summed E-state index contributed by atoms with van der Waals surface area (Å²) >= 11 is 1.10. The molecule has 2 N–H and O–H groups in total. The highest BCUT2D eigenvalue weighted by atomic mass is 32.2. The summed E-state index contributed by atoms with van der Waals surface area (Å²) < 4.78 is 31.4. The first kappa shape index (κ1) is 18.9. The van der Waals surface area contributed by atoms with Gasteiger partial charge in [0.25, 0.3) is 0 Å². The Hall–Kier alpha value is -2.42. The number of rotatable bonds is 7. The molecular weight excluding hydrogens is 352 g/mol. The van der Waals surface area contributed by atoms with Gasteiger partial charge in [-0.3, -0.25) is 9.59 Å². The van der Waals surface area contributed by atoms with E-state index in [1.807, 2.05) is 0 Å². The fourth-order valence-corrected chi connectivity index (χ4v) is 2.68. The van der Waals surface area contributed by atoms with Gasteiger partial charge in [-0.05, 0) is 19.9 Å². The SMILES string of the molecule is Cc1cc(NC(=O)CSCC(=O)N[C@@H](C)c2ccc(F)cc2F)no1. The van der Waals surface area contributed by atoms with Crippen molar-refractivity contribution < 1.29 is 22.9 Å². The van der Waals surface area contributed by atoms with Crippen molar-refractivity contribution in [1.82, 2.24) is 10.5 Å². The van der Waals surface area contributed by atoms with Crippen LogP contribution >= 0.6 is 11.8 Å². The normalized spacial score (nSPS) is 11.8. The monoisotopic (exact) mass is 369 g/mol. The van der Waals surface area contributed by atoms with E-state index in [9.17, 15) is 18.4 Å². The van der Waals surface area contributed by atoms with E-state index in [1.54, 1.807) is 19.9 Å². The van der Waals surface area contributed by atoms with Gasteiger partial charge >= 0.3 is 0 Å². The number of benzene rings is 1. The number of hydrogen-bond acceptors (Lipinski definition) is 5. The van der Waals surface area contributed by atoms with Gasteiger partial charge in [-0.2, -0.15) is 0 Å². The van der Waals surface area contributed by atoms with Crippen LogP contribution in [0.5, 0.6) is 0 Å². The highest BCUT2D eigenvalue weighted by Gasteiger charge is 2.15. The highest BCUT2D eigenvalue weighted by Crippen LogP contribution is 2.18. The lowest BCUT2D eigenvalue weighted by molar-refractivity contribution is -0.119. The number of nitrogens with zero attached hydrogens (tertiary/aromatic N) is 1. The maximum atomic E-state index is 13.7. The Morgan fingerprint density at radius 3 is 2.60 bits per heavy atom. The van der Waals surface area contributed by atoms with Crippen molar-refractivity contribution in [2.75, 3.05) is 16.8 Å². The Balaban J connectivity index is 1.73. The van der Waals surface area contributed by atoms with Gasteiger partial charge < -0.3 is 15.2 Å². The number of thioether (sulfide) groups is 1. The van der Waals surface area contributed by atoms with Gasteiger partial charge in [0.2, 0.25) is 11.8 Å². The molecule has 0 aliphatic carbocycles. The van der Waals surface area contributed by atoms with E-state index in [-0.39, 0.29) is 28.9 Å². The molecule has 0 spiro atoms. The lowest BCUT2D eigenvalue weighted by Crippen LogP contribution is -2.29. The van der Waals surface area contributed by atoms with Crippen LogP contribution in [0.25, 0.3) is 0 Å². The van der Waals surface area contributed by atoms with Crippen LogP contribution in [0.1, 0.15) is 24.3 Å². The summed E-state index contributed by atoms with van der Waals surface area (Å²) in [6, 6.07) is 4.15. The first-order valence-electron chi connectivity index (χ1n) is 7.40. The lowest BCUT2D eigenvalue weighted by atomic mass is 10.1. The number of anilines is 1. The van der Waals surface area contributed by atoms with Crippen molar-refractivity contribution in [3.63, 3.8) is 0 Å². The highest BCUT2D eigenvalue weighted by molar-refractivity contribution is 8.00. The van der Waals surface area contributed by atoms with Crippen molar-refractivity contribution in [3.8, 4) is 0 Å². The Morgan fingerprint density at radius 2 is 1.96 bits per heavy atom. The molecular formula is C16H17F2N3O3S. The third-order valence-corrected chi connectivity index (χ3v) is 4.10. The van der Waals surface area contributed by atoms with Gasteiger partial charge in [0, 0.05) is 17.7 Å². The first-order chi connectivity index (χ1) is 11.8. The topological polar surface area (TPSA) is 84.2 Å². The molecule has 1 aromatic heterocycles. The summed E-state index contributed by atoms with van der Waals surface area (Å²) in [4.78, 5) is 23.6. The van der Waals surface area contributed by atoms with E-state index < -0.39 is 17.7 Å². The Kier molecular flexibility index (Phi) is 6.51. The van der Waals surface area contributed by atoms with Crippen LogP contribution < -0.4 is 10.6 Å². The number of hydrogen-bond donors (Lipinski definition) is 2. The third kappa shape index (κ3) is 5.86. The maximum Gasteiger partial charge on any atom is 0.235 e. The van der Waals surface area contributed by atoms with Gasteiger partial charge in [0.05, 0.1) is 17.5 Å². The van der Waals surface area contributed by atoms with Gasteiger partial charge in [-0.15, -0.1) is 11.8 Å². The van der Waals surface area contributed by atoms with Gasteiger partial charge in [0.15, 0.2) is 5.82 Å². The number of carbonyl (C=O) groups is 2. The smallest absolute Gasteiger partial charge is 0.235 e. The Morgan fingerprint density at radius 1 is 1.24 bits per heavy atom. The summed E-state index contributed by atoms with van der Waals surface area (Å²) in [6.07, 6.45) is 0. The summed E-state index contributed by atoms with van der Waals surface area (Å²) in [5.74, 6) is -1.10. The summed E-state index contributed by atoms with van der Waals surface area (Å²) in [5, 5.41) is 8.76. The van der Waals surface area contributed by atoms with Gasteiger partial charge in [0.1, 0.15) is 17.4 Å². The van der Waals surface area contributed by atoms with Crippen LogP contribution in [0.2, 0.25) is 0 Å². The number of halogens is 2. The molecule has 1 aromatic carbocycles. The largest absolute Gasteiger partial charge is 0.360 e. The molecule has 9 heteroatoms.